The normalized spacial score (nSPS) is 15.7. The Bertz CT molecular complexity index is 550. The molecule has 1 aliphatic rings. The van der Waals surface area contributed by atoms with Gasteiger partial charge in [-0.25, -0.2) is 4.98 Å². The average molecular weight is 293 g/mol. The predicted molar refractivity (Wildman–Crippen MR) is 77.0 cm³/mol. The van der Waals surface area contributed by atoms with Gasteiger partial charge in [0.2, 0.25) is 17.2 Å². The molecule has 2 aromatic rings. The summed E-state index contributed by atoms with van der Waals surface area (Å²) in [5.74, 6) is 1.84. The van der Waals surface area contributed by atoms with E-state index in [9.17, 15) is 0 Å². The monoisotopic (exact) mass is 292 g/mol. The zero-order valence-electron chi connectivity index (χ0n) is 11.2. The summed E-state index contributed by atoms with van der Waals surface area (Å²) in [7, 11) is 0. The molecule has 0 amide bonds. The molecule has 2 aromatic heterocycles. The quantitative estimate of drug-likeness (QED) is 0.917. The Labute approximate surface area is 122 Å². The zero-order chi connectivity index (χ0) is 13.8. The van der Waals surface area contributed by atoms with Gasteiger partial charge < -0.3 is 5.32 Å². The average Bonchev–Trinajstić information content (AvgIpc) is 3.11. The zero-order valence-corrected chi connectivity index (χ0v) is 11.9. The molecule has 0 bridgehead atoms. The number of anilines is 1. The molecule has 0 spiro atoms. The van der Waals surface area contributed by atoms with Gasteiger partial charge in [0, 0.05) is 18.9 Å². The standard InChI is InChI=1S/C13H17ClN6/c14-11-17-12(16-6-5-10-3-1-2-4-10)19-13(18-11)20-8-7-15-9-20/h7-10H,1-6H2,(H,16,17,18,19). The summed E-state index contributed by atoms with van der Waals surface area (Å²) in [6.45, 7) is 0.869. The summed E-state index contributed by atoms with van der Waals surface area (Å²) in [6.07, 6.45) is 11.7. The van der Waals surface area contributed by atoms with E-state index in [1.807, 2.05) is 0 Å². The van der Waals surface area contributed by atoms with E-state index in [1.165, 1.54) is 25.7 Å². The number of aromatic nitrogens is 5. The van der Waals surface area contributed by atoms with Crippen LogP contribution in [0.2, 0.25) is 5.28 Å². The third-order valence-corrected chi connectivity index (χ3v) is 3.81. The largest absolute Gasteiger partial charge is 0.354 e. The lowest BCUT2D eigenvalue weighted by Crippen LogP contribution is -2.11. The fraction of sp³-hybridized carbons (Fsp3) is 0.538. The van der Waals surface area contributed by atoms with Gasteiger partial charge in [-0.1, -0.05) is 25.7 Å². The number of rotatable bonds is 5. The van der Waals surface area contributed by atoms with Gasteiger partial charge in [-0.05, 0) is 23.9 Å². The van der Waals surface area contributed by atoms with Crippen molar-refractivity contribution in [3.8, 4) is 5.95 Å². The Morgan fingerprint density at radius 2 is 2.10 bits per heavy atom. The van der Waals surface area contributed by atoms with Crippen molar-refractivity contribution < 1.29 is 0 Å². The number of nitrogens with one attached hydrogen (secondary N) is 1. The van der Waals surface area contributed by atoms with Gasteiger partial charge in [0.05, 0.1) is 0 Å². The van der Waals surface area contributed by atoms with Crippen molar-refractivity contribution in [1.82, 2.24) is 24.5 Å². The van der Waals surface area contributed by atoms with Crippen molar-refractivity contribution in [2.24, 2.45) is 5.92 Å². The molecule has 20 heavy (non-hydrogen) atoms. The fourth-order valence-corrected chi connectivity index (χ4v) is 2.75. The summed E-state index contributed by atoms with van der Waals surface area (Å²) in [6, 6.07) is 0. The molecular formula is C13H17ClN6. The third kappa shape index (κ3) is 3.25. The molecule has 1 N–H and O–H groups in total. The molecular weight excluding hydrogens is 276 g/mol. The van der Waals surface area contributed by atoms with Crippen LogP contribution in [0.5, 0.6) is 0 Å². The van der Waals surface area contributed by atoms with E-state index >= 15 is 0 Å². The van der Waals surface area contributed by atoms with Gasteiger partial charge in [0.25, 0.3) is 0 Å². The molecule has 6 nitrogen and oxygen atoms in total. The molecule has 0 radical (unpaired) electrons. The van der Waals surface area contributed by atoms with Gasteiger partial charge in [-0.15, -0.1) is 0 Å². The molecule has 1 fully saturated rings. The Balaban J connectivity index is 1.63. The van der Waals surface area contributed by atoms with E-state index in [2.05, 4.69) is 25.3 Å². The van der Waals surface area contributed by atoms with E-state index in [-0.39, 0.29) is 5.28 Å². The molecule has 7 heteroatoms. The second-order valence-electron chi connectivity index (χ2n) is 5.06. The molecule has 0 atom stereocenters. The minimum absolute atomic E-state index is 0.187. The maximum atomic E-state index is 5.94. The summed E-state index contributed by atoms with van der Waals surface area (Å²) in [4.78, 5) is 16.5. The van der Waals surface area contributed by atoms with Crippen LogP contribution in [-0.2, 0) is 0 Å². The molecule has 3 rings (SSSR count). The highest BCUT2D eigenvalue weighted by molar-refractivity contribution is 6.28. The van der Waals surface area contributed by atoms with Crippen LogP contribution in [0.15, 0.2) is 18.7 Å². The summed E-state index contributed by atoms with van der Waals surface area (Å²) in [5.41, 5.74) is 0. The number of imidazole rings is 1. The Hall–Kier alpha value is -1.69. The van der Waals surface area contributed by atoms with Gasteiger partial charge in [0.15, 0.2) is 0 Å². The van der Waals surface area contributed by atoms with Crippen LogP contribution in [0.1, 0.15) is 32.1 Å². The number of hydrogen-bond donors (Lipinski definition) is 1. The Morgan fingerprint density at radius 1 is 1.25 bits per heavy atom. The maximum absolute atomic E-state index is 5.94. The summed E-state index contributed by atoms with van der Waals surface area (Å²) >= 11 is 5.94. The van der Waals surface area contributed by atoms with Crippen LogP contribution in [0, 0.1) is 5.92 Å². The first-order chi connectivity index (χ1) is 9.81. The van der Waals surface area contributed by atoms with E-state index in [1.54, 1.807) is 23.3 Å². The van der Waals surface area contributed by atoms with Crippen LogP contribution >= 0.6 is 11.6 Å². The van der Waals surface area contributed by atoms with E-state index < -0.39 is 0 Å². The van der Waals surface area contributed by atoms with Crippen molar-refractivity contribution in [3.05, 3.63) is 24.0 Å². The fourth-order valence-electron chi connectivity index (χ4n) is 2.60. The summed E-state index contributed by atoms with van der Waals surface area (Å²) in [5, 5.41) is 3.42. The first-order valence-electron chi connectivity index (χ1n) is 6.95. The van der Waals surface area contributed by atoms with Crippen molar-refractivity contribution in [3.63, 3.8) is 0 Å². The second-order valence-corrected chi connectivity index (χ2v) is 5.40. The van der Waals surface area contributed by atoms with Crippen LogP contribution in [0.4, 0.5) is 5.95 Å². The molecule has 1 aliphatic carbocycles. The number of halogens is 1. The van der Waals surface area contributed by atoms with Crippen molar-refractivity contribution in [2.75, 3.05) is 11.9 Å². The predicted octanol–water partition coefficient (Wildman–Crippen LogP) is 2.70. The van der Waals surface area contributed by atoms with Crippen LogP contribution in [-0.4, -0.2) is 31.0 Å². The molecule has 0 saturated heterocycles. The first-order valence-corrected chi connectivity index (χ1v) is 7.33. The minimum atomic E-state index is 0.187. The lowest BCUT2D eigenvalue weighted by molar-refractivity contribution is 0.518. The van der Waals surface area contributed by atoms with Gasteiger partial charge in [-0.2, -0.15) is 15.0 Å². The minimum Gasteiger partial charge on any atom is -0.354 e. The van der Waals surface area contributed by atoms with Crippen LogP contribution in [0.3, 0.4) is 0 Å². The highest BCUT2D eigenvalue weighted by Gasteiger charge is 2.14. The molecule has 0 aliphatic heterocycles. The highest BCUT2D eigenvalue weighted by atomic mass is 35.5. The van der Waals surface area contributed by atoms with Gasteiger partial charge >= 0.3 is 0 Å². The van der Waals surface area contributed by atoms with Gasteiger partial charge in [0.1, 0.15) is 6.33 Å². The van der Waals surface area contributed by atoms with E-state index in [0.717, 1.165) is 18.9 Å². The van der Waals surface area contributed by atoms with Crippen molar-refractivity contribution in [1.29, 1.82) is 0 Å². The number of hydrogen-bond acceptors (Lipinski definition) is 5. The smallest absolute Gasteiger partial charge is 0.241 e. The molecule has 1 saturated carbocycles. The SMILES string of the molecule is Clc1nc(NCCC2CCCC2)nc(-n2ccnc2)n1. The maximum Gasteiger partial charge on any atom is 0.241 e. The molecule has 2 heterocycles. The lowest BCUT2D eigenvalue weighted by atomic mass is 10.0. The third-order valence-electron chi connectivity index (χ3n) is 3.64. The van der Waals surface area contributed by atoms with Crippen molar-refractivity contribution in [2.45, 2.75) is 32.1 Å². The molecule has 106 valence electrons. The Kier molecular flexibility index (Phi) is 4.11. The first kappa shape index (κ1) is 13.3. The molecule has 0 unspecified atom stereocenters. The van der Waals surface area contributed by atoms with Crippen LogP contribution < -0.4 is 5.32 Å². The topological polar surface area (TPSA) is 68.5 Å². The van der Waals surface area contributed by atoms with Crippen LogP contribution in [0.25, 0.3) is 5.95 Å². The lowest BCUT2D eigenvalue weighted by Gasteiger charge is -2.10. The highest BCUT2D eigenvalue weighted by Crippen LogP contribution is 2.27. The van der Waals surface area contributed by atoms with Gasteiger partial charge in [-0.3, -0.25) is 4.57 Å². The second kappa shape index (κ2) is 6.17. The van der Waals surface area contributed by atoms with E-state index in [4.69, 9.17) is 11.6 Å². The summed E-state index contributed by atoms with van der Waals surface area (Å²) < 4.78 is 1.70. The van der Waals surface area contributed by atoms with E-state index in [0.29, 0.717) is 11.9 Å². The Morgan fingerprint density at radius 3 is 2.85 bits per heavy atom. The van der Waals surface area contributed by atoms with Crippen molar-refractivity contribution >= 4 is 17.5 Å². The number of nitrogens with zero attached hydrogens (tertiary/aromatic N) is 5. The molecule has 0 aromatic carbocycles.